The molecule has 0 spiro atoms. The minimum atomic E-state index is -0.959. The molecule has 19 heavy (non-hydrogen) atoms. The summed E-state index contributed by atoms with van der Waals surface area (Å²) in [4.78, 5) is 15.0. The van der Waals surface area contributed by atoms with Crippen LogP contribution in [0, 0.1) is 0 Å². The Kier molecular flexibility index (Phi) is 3.00. The molecule has 6 heteroatoms. The fraction of sp³-hybridized carbons (Fsp3) is 0.308. The van der Waals surface area contributed by atoms with Gasteiger partial charge in [0.05, 0.1) is 5.56 Å². The van der Waals surface area contributed by atoms with Gasteiger partial charge < -0.3 is 14.4 Å². The van der Waals surface area contributed by atoms with Crippen LogP contribution < -0.4 is 0 Å². The summed E-state index contributed by atoms with van der Waals surface area (Å²) in [6.45, 7) is 0.718. The number of carboxylic acids is 1. The summed E-state index contributed by atoms with van der Waals surface area (Å²) in [6.07, 6.45) is 1.77. The quantitative estimate of drug-likeness (QED) is 0.911. The van der Waals surface area contributed by atoms with E-state index in [1.807, 2.05) is 0 Å². The van der Waals surface area contributed by atoms with Crippen molar-refractivity contribution in [2.24, 2.45) is 0 Å². The number of hydrogen-bond acceptors (Lipinski definition) is 5. The lowest BCUT2D eigenvalue weighted by Crippen LogP contribution is -1.96. The lowest BCUT2D eigenvalue weighted by Gasteiger charge is -2.00. The number of carboxylic acid groups (broad SMARTS) is 1. The highest BCUT2D eigenvalue weighted by Gasteiger charge is 2.24. The maximum Gasteiger partial charge on any atom is 0.335 e. The van der Waals surface area contributed by atoms with Gasteiger partial charge >= 0.3 is 5.97 Å². The molecular weight excluding hydrogens is 248 g/mol. The standard InChI is InChI=1S/C13H12N2O4/c16-13(17)9-5-3-8(4-6-9)11-14-12(19-15-11)10-2-1-7-18-10/h3-6,10H,1-2,7H2,(H,16,17). The second-order valence-corrected chi connectivity index (χ2v) is 4.34. The molecule has 0 radical (unpaired) electrons. The predicted octanol–water partition coefficient (Wildman–Crippen LogP) is 2.29. The van der Waals surface area contributed by atoms with Crippen LogP contribution in [0.15, 0.2) is 28.8 Å². The van der Waals surface area contributed by atoms with Gasteiger partial charge in [-0.1, -0.05) is 17.3 Å². The molecule has 0 bridgehead atoms. The number of ether oxygens (including phenoxy) is 1. The van der Waals surface area contributed by atoms with E-state index < -0.39 is 5.97 Å². The van der Waals surface area contributed by atoms with Gasteiger partial charge in [-0.15, -0.1) is 0 Å². The van der Waals surface area contributed by atoms with Gasteiger partial charge in [0.15, 0.2) is 0 Å². The van der Waals surface area contributed by atoms with Crippen LogP contribution in [-0.2, 0) is 4.74 Å². The van der Waals surface area contributed by atoms with Crippen molar-refractivity contribution < 1.29 is 19.2 Å². The first-order valence-electron chi connectivity index (χ1n) is 6.03. The van der Waals surface area contributed by atoms with Gasteiger partial charge in [-0.3, -0.25) is 0 Å². The van der Waals surface area contributed by atoms with Crippen LogP contribution in [0.4, 0.5) is 0 Å². The lowest BCUT2D eigenvalue weighted by molar-refractivity contribution is 0.0697. The predicted molar refractivity (Wildman–Crippen MR) is 64.6 cm³/mol. The van der Waals surface area contributed by atoms with Gasteiger partial charge in [0.1, 0.15) is 6.10 Å². The van der Waals surface area contributed by atoms with Gasteiger partial charge in [-0.05, 0) is 25.0 Å². The molecular formula is C13H12N2O4. The molecule has 1 atom stereocenters. The van der Waals surface area contributed by atoms with Crippen LogP contribution >= 0.6 is 0 Å². The van der Waals surface area contributed by atoms with Crippen molar-refractivity contribution in [2.75, 3.05) is 6.61 Å². The molecule has 1 aliphatic heterocycles. The van der Waals surface area contributed by atoms with Crippen molar-refractivity contribution in [1.82, 2.24) is 10.1 Å². The molecule has 0 saturated carbocycles. The highest BCUT2D eigenvalue weighted by atomic mass is 16.5. The first-order valence-corrected chi connectivity index (χ1v) is 6.03. The molecule has 1 unspecified atom stereocenters. The van der Waals surface area contributed by atoms with E-state index in [0.29, 0.717) is 11.7 Å². The van der Waals surface area contributed by atoms with Gasteiger partial charge in [-0.25, -0.2) is 4.79 Å². The molecule has 1 aromatic heterocycles. The first kappa shape index (κ1) is 11.9. The maximum atomic E-state index is 10.8. The van der Waals surface area contributed by atoms with E-state index in [9.17, 15) is 4.79 Å². The van der Waals surface area contributed by atoms with E-state index in [2.05, 4.69) is 10.1 Å². The topological polar surface area (TPSA) is 85.5 Å². The van der Waals surface area contributed by atoms with Crippen molar-refractivity contribution in [3.8, 4) is 11.4 Å². The minimum absolute atomic E-state index is 0.112. The zero-order valence-corrected chi connectivity index (χ0v) is 10.1. The van der Waals surface area contributed by atoms with E-state index in [1.54, 1.807) is 12.1 Å². The second kappa shape index (κ2) is 4.81. The van der Waals surface area contributed by atoms with E-state index in [4.69, 9.17) is 14.4 Å². The highest BCUT2D eigenvalue weighted by molar-refractivity contribution is 5.88. The molecule has 1 saturated heterocycles. The van der Waals surface area contributed by atoms with E-state index in [-0.39, 0.29) is 11.7 Å². The summed E-state index contributed by atoms with van der Waals surface area (Å²) in [5.41, 5.74) is 0.949. The maximum absolute atomic E-state index is 10.8. The van der Waals surface area contributed by atoms with Crippen molar-refractivity contribution >= 4 is 5.97 Å². The van der Waals surface area contributed by atoms with Gasteiger partial charge in [0.2, 0.25) is 5.82 Å². The molecule has 0 amide bonds. The molecule has 6 nitrogen and oxygen atoms in total. The summed E-state index contributed by atoms with van der Waals surface area (Å²) in [6, 6.07) is 6.35. The van der Waals surface area contributed by atoms with Crippen LogP contribution in [-0.4, -0.2) is 27.8 Å². The Morgan fingerprint density at radius 2 is 2.11 bits per heavy atom. The smallest absolute Gasteiger partial charge is 0.335 e. The second-order valence-electron chi connectivity index (χ2n) is 4.34. The van der Waals surface area contributed by atoms with Gasteiger partial charge in [0.25, 0.3) is 5.89 Å². The molecule has 98 valence electrons. The third-order valence-corrected chi connectivity index (χ3v) is 3.04. The molecule has 1 aliphatic rings. The highest BCUT2D eigenvalue weighted by Crippen LogP contribution is 2.28. The lowest BCUT2D eigenvalue weighted by atomic mass is 10.1. The molecule has 0 aliphatic carbocycles. The van der Waals surface area contributed by atoms with Crippen molar-refractivity contribution in [3.63, 3.8) is 0 Å². The summed E-state index contributed by atoms with van der Waals surface area (Å²) < 4.78 is 10.6. The normalized spacial score (nSPS) is 18.6. The summed E-state index contributed by atoms with van der Waals surface area (Å²) >= 11 is 0. The fourth-order valence-electron chi connectivity index (χ4n) is 2.02. The summed E-state index contributed by atoms with van der Waals surface area (Å²) in [7, 11) is 0. The van der Waals surface area contributed by atoms with Crippen molar-refractivity contribution in [1.29, 1.82) is 0 Å². The van der Waals surface area contributed by atoms with E-state index in [1.165, 1.54) is 12.1 Å². The SMILES string of the molecule is O=C(O)c1ccc(-c2noc(C3CCCO3)n2)cc1. The Bertz CT molecular complexity index is 585. The minimum Gasteiger partial charge on any atom is -0.478 e. The average Bonchev–Trinajstić information content (AvgIpc) is 3.10. The number of aromatic carboxylic acids is 1. The Morgan fingerprint density at radius 1 is 1.32 bits per heavy atom. The largest absolute Gasteiger partial charge is 0.478 e. The molecule has 1 fully saturated rings. The third-order valence-electron chi connectivity index (χ3n) is 3.04. The molecule has 1 aromatic carbocycles. The number of nitrogens with zero attached hydrogens (tertiary/aromatic N) is 2. The first-order chi connectivity index (χ1) is 9.24. The Morgan fingerprint density at radius 3 is 2.74 bits per heavy atom. The van der Waals surface area contributed by atoms with Crippen LogP contribution in [0.5, 0.6) is 0 Å². The summed E-state index contributed by atoms with van der Waals surface area (Å²) in [5, 5.41) is 12.7. The molecule has 2 heterocycles. The number of hydrogen-bond donors (Lipinski definition) is 1. The van der Waals surface area contributed by atoms with Crippen molar-refractivity contribution in [3.05, 3.63) is 35.7 Å². The molecule has 2 aromatic rings. The Balaban J connectivity index is 1.83. The van der Waals surface area contributed by atoms with Gasteiger partial charge in [-0.2, -0.15) is 4.98 Å². The number of aromatic nitrogens is 2. The molecule has 3 rings (SSSR count). The zero-order valence-electron chi connectivity index (χ0n) is 10.1. The Hall–Kier alpha value is -2.21. The number of benzene rings is 1. The van der Waals surface area contributed by atoms with Crippen LogP contribution in [0.2, 0.25) is 0 Å². The third kappa shape index (κ3) is 2.34. The number of rotatable bonds is 3. The van der Waals surface area contributed by atoms with Crippen LogP contribution in [0.3, 0.4) is 0 Å². The molecule has 1 N–H and O–H groups in total. The van der Waals surface area contributed by atoms with E-state index in [0.717, 1.165) is 25.0 Å². The monoisotopic (exact) mass is 260 g/mol. The van der Waals surface area contributed by atoms with Crippen LogP contribution in [0.25, 0.3) is 11.4 Å². The van der Waals surface area contributed by atoms with Crippen molar-refractivity contribution in [2.45, 2.75) is 18.9 Å². The average molecular weight is 260 g/mol. The Labute approximate surface area is 109 Å². The number of carbonyl (C=O) groups is 1. The van der Waals surface area contributed by atoms with E-state index >= 15 is 0 Å². The zero-order chi connectivity index (χ0) is 13.2. The summed E-state index contributed by atoms with van der Waals surface area (Å²) in [5.74, 6) is -0.0306. The van der Waals surface area contributed by atoms with Crippen LogP contribution in [0.1, 0.15) is 35.2 Å². The van der Waals surface area contributed by atoms with Gasteiger partial charge in [0, 0.05) is 12.2 Å². The fourth-order valence-corrected chi connectivity index (χ4v) is 2.02.